The van der Waals surface area contributed by atoms with E-state index < -0.39 is 6.72 Å². The largest absolute Gasteiger partial charge is 0.318 e. The Kier molecular flexibility index (Phi) is 6.83. The molecule has 0 heterocycles. The van der Waals surface area contributed by atoms with Gasteiger partial charge in [-0.2, -0.15) is 0 Å². The smallest absolute Gasteiger partial charge is 0.290 e. The fourth-order valence-electron chi connectivity index (χ4n) is 0.847. The molecule has 1 atom stereocenters. The highest BCUT2D eigenvalue weighted by atomic mass is 35.7. The van der Waals surface area contributed by atoms with Crippen LogP contribution in [0.4, 0.5) is 0 Å². The number of allylic oxidation sites excluding steroid dienone is 1. The van der Waals surface area contributed by atoms with Crippen molar-refractivity contribution < 1.29 is 9.09 Å². The summed E-state index contributed by atoms with van der Waals surface area (Å²) < 4.78 is 16.2. The molecule has 1 unspecified atom stereocenters. The molecule has 0 aliphatic heterocycles. The summed E-state index contributed by atoms with van der Waals surface area (Å²) in [4.78, 5) is 0. The van der Waals surface area contributed by atoms with Gasteiger partial charge < -0.3 is 4.52 Å². The van der Waals surface area contributed by atoms with E-state index in [1.165, 1.54) is 0 Å². The van der Waals surface area contributed by atoms with Crippen LogP contribution < -0.4 is 0 Å². The predicted octanol–water partition coefficient (Wildman–Crippen LogP) is 3.81. The van der Waals surface area contributed by atoms with E-state index in [0.29, 0.717) is 12.8 Å². The molecule has 0 spiro atoms. The molecule has 72 valence electrons. The van der Waals surface area contributed by atoms with Crippen LogP contribution in [0, 0.1) is 0 Å². The molecule has 2 nitrogen and oxygen atoms in total. The van der Waals surface area contributed by atoms with Crippen molar-refractivity contribution in [1.29, 1.82) is 0 Å². The SMILES string of the molecule is C=CCCCCP(=O)(Cl)OCC. The van der Waals surface area contributed by atoms with Gasteiger partial charge in [-0.1, -0.05) is 6.08 Å². The first-order valence-electron chi connectivity index (χ1n) is 4.16. The van der Waals surface area contributed by atoms with E-state index >= 15 is 0 Å². The highest BCUT2D eigenvalue weighted by Gasteiger charge is 2.16. The third-order valence-corrected chi connectivity index (χ3v) is 3.70. The number of unbranched alkanes of at least 4 members (excludes halogenated alkanes) is 2. The van der Waals surface area contributed by atoms with Crippen molar-refractivity contribution in [2.45, 2.75) is 26.2 Å². The van der Waals surface area contributed by atoms with Crippen molar-refractivity contribution >= 4 is 18.0 Å². The zero-order chi connectivity index (χ0) is 9.45. The minimum absolute atomic E-state index is 0.419. The van der Waals surface area contributed by atoms with Crippen molar-refractivity contribution in [2.24, 2.45) is 0 Å². The molecule has 0 aromatic rings. The van der Waals surface area contributed by atoms with Crippen LogP contribution in [-0.2, 0) is 9.09 Å². The summed E-state index contributed by atoms with van der Waals surface area (Å²) in [5.74, 6) is 0. The Hall–Kier alpha value is 0.220. The second kappa shape index (κ2) is 6.71. The van der Waals surface area contributed by atoms with E-state index in [0.717, 1.165) is 19.3 Å². The lowest BCUT2D eigenvalue weighted by Gasteiger charge is -2.08. The summed E-state index contributed by atoms with van der Waals surface area (Å²) in [6, 6.07) is 0. The van der Waals surface area contributed by atoms with Gasteiger partial charge in [0.25, 0.3) is 6.72 Å². The molecule has 0 N–H and O–H groups in total. The standard InChI is InChI=1S/C8H16ClO2P/c1-3-5-6-7-8-12(9,10)11-4-2/h3H,1,4-8H2,2H3. The molecule has 0 aliphatic rings. The molecule has 0 bridgehead atoms. The van der Waals surface area contributed by atoms with Crippen LogP contribution in [0.3, 0.4) is 0 Å². The summed E-state index contributed by atoms with van der Waals surface area (Å²) in [6.45, 7) is 3.01. The van der Waals surface area contributed by atoms with Crippen LogP contribution in [-0.4, -0.2) is 12.8 Å². The lowest BCUT2D eigenvalue weighted by molar-refractivity contribution is 0.344. The maximum Gasteiger partial charge on any atom is 0.290 e. The topological polar surface area (TPSA) is 26.3 Å². The second-order valence-corrected chi connectivity index (χ2v) is 5.95. The van der Waals surface area contributed by atoms with E-state index in [2.05, 4.69) is 6.58 Å². The van der Waals surface area contributed by atoms with E-state index in [1.54, 1.807) is 6.92 Å². The molecule has 0 saturated carbocycles. The van der Waals surface area contributed by atoms with Crippen LogP contribution in [0.15, 0.2) is 12.7 Å². The van der Waals surface area contributed by atoms with E-state index in [4.69, 9.17) is 15.8 Å². The number of halogens is 1. The predicted molar refractivity (Wildman–Crippen MR) is 54.0 cm³/mol. The second-order valence-electron chi connectivity index (χ2n) is 2.52. The molecular formula is C8H16ClO2P. The molecule has 0 fully saturated rings. The van der Waals surface area contributed by atoms with Crippen LogP contribution in [0.25, 0.3) is 0 Å². The van der Waals surface area contributed by atoms with Gasteiger partial charge in [-0.05, 0) is 37.4 Å². The van der Waals surface area contributed by atoms with Crippen LogP contribution in [0.1, 0.15) is 26.2 Å². The number of hydrogen-bond acceptors (Lipinski definition) is 2. The Morgan fingerprint density at radius 3 is 2.75 bits per heavy atom. The minimum Gasteiger partial charge on any atom is -0.318 e. The van der Waals surface area contributed by atoms with Gasteiger partial charge in [-0.3, -0.25) is 4.57 Å². The Morgan fingerprint density at radius 1 is 1.58 bits per heavy atom. The maximum atomic E-state index is 11.3. The fourth-order valence-corrected chi connectivity index (χ4v) is 2.61. The Balaban J connectivity index is 3.47. The zero-order valence-electron chi connectivity index (χ0n) is 7.46. The van der Waals surface area contributed by atoms with Crippen molar-refractivity contribution in [1.82, 2.24) is 0 Å². The highest BCUT2D eigenvalue weighted by Crippen LogP contribution is 2.52. The van der Waals surface area contributed by atoms with E-state index in [-0.39, 0.29) is 0 Å². The average molecular weight is 211 g/mol. The summed E-state index contributed by atoms with van der Waals surface area (Å²) in [7, 11) is 0. The monoisotopic (exact) mass is 210 g/mol. The summed E-state index contributed by atoms with van der Waals surface area (Å²) in [5.41, 5.74) is 0. The van der Waals surface area contributed by atoms with Crippen LogP contribution in [0.5, 0.6) is 0 Å². The maximum absolute atomic E-state index is 11.3. The summed E-state index contributed by atoms with van der Waals surface area (Å²) in [6.07, 6.45) is 5.08. The molecule has 12 heavy (non-hydrogen) atoms. The van der Waals surface area contributed by atoms with E-state index in [9.17, 15) is 4.57 Å². The van der Waals surface area contributed by atoms with Crippen molar-refractivity contribution in [3.8, 4) is 0 Å². The molecule has 0 aliphatic carbocycles. The number of hydrogen-bond donors (Lipinski definition) is 0. The van der Waals surface area contributed by atoms with Crippen LogP contribution in [0.2, 0.25) is 0 Å². The van der Waals surface area contributed by atoms with Crippen molar-refractivity contribution in [3.05, 3.63) is 12.7 Å². The fraction of sp³-hybridized carbons (Fsp3) is 0.750. The average Bonchev–Trinajstić information content (AvgIpc) is 1.98. The summed E-state index contributed by atoms with van der Waals surface area (Å²) >= 11 is 5.62. The van der Waals surface area contributed by atoms with Crippen molar-refractivity contribution in [3.63, 3.8) is 0 Å². The normalized spacial score (nSPS) is 15.5. The highest BCUT2D eigenvalue weighted by molar-refractivity contribution is 7.85. The van der Waals surface area contributed by atoms with Gasteiger partial charge >= 0.3 is 0 Å². The zero-order valence-corrected chi connectivity index (χ0v) is 9.11. The first-order valence-corrected chi connectivity index (χ1v) is 6.88. The molecule has 0 aromatic carbocycles. The Labute approximate surface area is 79.2 Å². The quantitative estimate of drug-likeness (QED) is 0.363. The first-order chi connectivity index (χ1) is 5.62. The van der Waals surface area contributed by atoms with Gasteiger partial charge in [0.05, 0.1) is 6.61 Å². The van der Waals surface area contributed by atoms with Gasteiger partial charge in [0.15, 0.2) is 0 Å². The van der Waals surface area contributed by atoms with Crippen LogP contribution >= 0.6 is 18.0 Å². The Morgan fingerprint density at radius 2 is 2.25 bits per heavy atom. The molecule has 0 saturated heterocycles. The Bertz CT molecular complexity index is 170. The molecule has 0 radical (unpaired) electrons. The van der Waals surface area contributed by atoms with Gasteiger partial charge in [0.1, 0.15) is 0 Å². The first kappa shape index (κ1) is 12.2. The molecule has 0 amide bonds. The van der Waals surface area contributed by atoms with Gasteiger partial charge in [0.2, 0.25) is 0 Å². The lowest BCUT2D eigenvalue weighted by Crippen LogP contribution is -1.89. The number of rotatable bonds is 7. The lowest BCUT2D eigenvalue weighted by atomic mass is 10.2. The van der Waals surface area contributed by atoms with Gasteiger partial charge in [-0.25, -0.2) is 0 Å². The molecule has 0 aromatic heterocycles. The molecule has 4 heteroatoms. The van der Waals surface area contributed by atoms with E-state index in [1.807, 2.05) is 6.08 Å². The minimum atomic E-state index is -2.79. The van der Waals surface area contributed by atoms with Crippen molar-refractivity contribution in [2.75, 3.05) is 12.8 Å². The summed E-state index contributed by atoms with van der Waals surface area (Å²) in [5, 5.41) is 0. The third-order valence-electron chi connectivity index (χ3n) is 1.41. The third kappa shape index (κ3) is 6.90. The molecule has 0 rings (SSSR count). The van der Waals surface area contributed by atoms with Gasteiger partial charge in [0, 0.05) is 6.16 Å². The molecular weight excluding hydrogens is 195 g/mol. The van der Waals surface area contributed by atoms with Gasteiger partial charge in [-0.15, -0.1) is 6.58 Å².